The average Bonchev–Trinajstić information content (AvgIpc) is 2.95. The summed E-state index contributed by atoms with van der Waals surface area (Å²) in [4.78, 5) is 20.7. The van der Waals surface area contributed by atoms with Crippen molar-refractivity contribution in [2.75, 3.05) is 43.1 Å². The maximum atomic E-state index is 12.5. The molecule has 1 aromatic carbocycles. The molecule has 0 unspecified atom stereocenters. The van der Waals surface area contributed by atoms with Gasteiger partial charge in [0.1, 0.15) is 6.54 Å². The van der Waals surface area contributed by atoms with Crippen molar-refractivity contribution in [2.24, 2.45) is 0 Å². The standard InChI is InChI=1S/C15H19ClN6OS/c1-24-15-18-14(17)19-22(15)10-13(23)21-8-6-20(7-9-21)12-4-2-11(16)3-5-12/h2-5H,6-10H2,1H3,(H2,17,19). The van der Waals surface area contributed by atoms with Gasteiger partial charge in [-0.2, -0.15) is 4.98 Å². The molecule has 2 aromatic rings. The quantitative estimate of drug-likeness (QED) is 0.827. The molecule has 1 aliphatic rings. The summed E-state index contributed by atoms with van der Waals surface area (Å²) in [6.45, 7) is 3.12. The van der Waals surface area contributed by atoms with Gasteiger partial charge in [-0.05, 0) is 30.5 Å². The van der Waals surface area contributed by atoms with Gasteiger partial charge in [0, 0.05) is 36.9 Å². The molecule has 0 spiro atoms. The normalized spacial score (nSPS) is 14.9. The molecule has 0 saturated carbocycles. The Bertz CT molecular complexity index is 711. The second-order valence-electron chi connectivity index (χ2n) is 5.46. The van der Waals surface area contributed by atoms with Gasteiger partial charge in [0.2, 0.25) is 11.9 Å². The molecule has 2 N–H and O–H groups in total. The molecule has 0 radical (unpaired) electrons. The summed E-state index contributed by atoms with van der Waals surface area (Å²) in [6.07, 6.45) is 1.88. The molecule has 0 bridgehead atoms. The average molecular weight is 367 g/mol. The number of hydrogen-bond acceptors (Lipinski definition) is 6. The van der Waals surface area contributed by atoms with Crippen LogP contribution in [0.25, 0.3) is 0 Å². The molecule has 0 atom stereocenters. The van der Waals surface area contributed by atoms with E-state index in [0.717, 1.165) is 23.8 Å². The van der Waals surface area contributed by atoms with Crippen LogP contribution < -0.4 is 10.6 Å². The SMILES string of the molecule is CSc1nc(N)nn1CC(=O)N1CCN(c2ccc(Cl)cc2)CC1. The Labute approximate surface area is 149 Å². The number of carbonyl (C=O) groups excluding carboxylic acids is 1. The van der Waals surface area contributed by atoms with Crippen molar-refractivity contribution in [2.45, 2.75) is 11.7 Å². The second kappa shape index (κ2) is 7.31. The van der Waals surface area contributed by atoms with Crippen molar-refractivity contribution < 1.29 is 4.79 Å². The summed E-state index contributed by atoms with van der Waals surface area (Å²) in [5.41, 5.74) is 6.73. The largest absolute Gasteiger partial charge is 0.368 e. The number of halogens is 1. The number of nitrogens with zero attached hydrogens (tertiary/aromatic N) is 5. The number of nitrogens with two attached hydrogens (primary N) is 1. The Morgan fingerprint density at radius 2 is 1.92 bits per heavy atom. The highest BCUT2D eigenvalue weighted by Crippen LogP contribution is 2.20. The van der Waals surface area contributed by atoms with Crippen molar-refractivity contribution in [3.05, 3.63) is 29.3 Å². The van der Waals surface area contributed by atoms with Crippen LogP contribution in [0.4, 0.5) is 11.6 Å². The van der Waals surface area contributed by atoms with Crippen LogP contribution in [0.15, 0.2) is 29.4 Å². The first-order chi connectivity index (χ1) is 11.6. The van der Waals surface area contributed by atoms with Crippen molar-refractivity contribution in [3.8, 4) is 0 Å². The molecule has 1 aromatic heterocycles. The molecule has 128 valence electrons. The van der Waals surface area contributed by atoms with E-state index in [1.807, 2.05) is 35.4 Å². The van der Waals surface area contributed by atoms with Gasteiger partial charge in [-0.25, -0.2) is 4.68 Å². The highest BCUT2D eigenvalue weighted by Gasteiger charge is 2.22. The lowest BCUT2D eigenvalue weighted by atomic mass is 10.2. The van der Waals surface area contributed by atoms with E-state index < -0.39 is 0 Å². The second-order valence-corrected chi connectivity index (χ2v) is 6.67. The Hall–Kier alpha value is -1.93. The lowest BCUT2D eigenvalue weighted by molar-refractivity contribution is -0.132. The van der Waals surface area contributed by atoms with Crippen LogP contribution in [0.3, 0.4) is 0 Å². The predicted octanol–water partition coefficient (Wildman–Crippen LogP) is 1.58. The maximum Gasteiger partial charge on any atom is 0.244 e. The van der Waals surface area contributed by atoms with Crippen LogP contribution in [0.5, 0.6) is 0 Å². The van der Waals surface area contributed by atoms with Crippen LogP contribution in [0, 0.1) is 0 Å². The summed E-state index contributed by atoms with van der Waals surface area (Å²) >= 11 is 7.35. The lowest BCUT2D eigenvalue weighted by Gasteiger charge is -2.36. The van der Waals surface area contributed by atoms with Crippen LogP contribution in [-0.4, -0.2) is 58.0 Å². The van der Waals surface area contributed by atoms with Crippen LogP contribution >= 0.6 is 23.4 Å². The number of benzene rings is 1. The Morgan fingerprint density at radius 3 is 2.54 bits per heavy atom. The summed E-state index contributed by atoms with van der Waals surface area (Å²) in [5, 5.41) is 5.46. The van der Waals surface area contributed by atoms with Gasteiger partial charge in [0.05, 0.1) is 0 Å². The number of piperazine rings is 1. The van der Waals surface area contributed by atoms with E-state index in [2.05, 4.69) is 15.0 Å². The zero-order valence-corrected chi connectivity index (χ0v) is 14.9. The maximum absolute atomic E-state index is 12.5. The van der Waals surface area contributed by atoms with E-state index in [-0.39, 0.29) is 18.4 Å². The minimum Gasteiger partial charge on any atom is -0.368 e. The van der Waals surface area contributed by atoms with Gasteiger partial charge in [0.25, 0.3) is 0 Å². The summed E-state index contributed by atoms with van der Waals surface area (Å²) in [7, 11) is 0. The zero-order chi connectivity index (χ0) is 17.1. The topological polar surface area (TPSA) is 80.3 Å². The molecule has 1 saturated heterocycles. The third-order valence-electron chi connectivity index (χ3n) is 3.95. The summed E-state index contributed by atoms with van der Waals surface area (Å²) in [6, 6.07) is 7.77. The van der Waals surface area contributed by atoms with Crippen molar-refractivity contribution in [1.29, 1.82) is 0 Å². The molecule has 2 heterocycles. The monoisotopic (exact) mass is 366 g/mol. The Balaban J connectivity index is 1.57. The zero-order valence-electron chi connectivity index (χ0n) is 13.4. The first kappa shape index (κ1) is 16.9. The number of anilines is 2. The summed E-state index contributed by atoms with van der Waals surface area (Å²) < 4.78 is 1.56. The highest BCUT2D eigenvalue weighted by atomic mass is 35.5. The van der Waals surface area contributed by atoms with E-state index in [0.29, 0.717) is 18.2 Å². The molecule has 7 nitrogen and oxygen atoms in total. The molecule has 1 aliphatic heterocycles. The highest BCUT2D eigenvalue weighted by molar-refractivity contribution is 7.98. The number of nitrogen functional groups attached to an aromatic ring is 1. The molecule has 0 aliphatic carbocycles. The molecule has 24 heavy (non-hydrogen) atoms. The van der Waals surface area contributed by atoms with Gasteiger partial charge in [-0.15, -0.1) is 5.10 Å². The Morgan fingerprint density at radius 1 is 1.25 bits per heavy atom. The molecule has 9 heteroatoms. The number of thioether (sulfide) groups is 1. The van der Waals surface area contributed by atoms with Crippen LogP contribution in [0.2, 0.25) is 5.02 Å². The molecular formula is C15H19ClN6OS. The van der Waals surface area contributed by atoms with E-state index in [1.165, 1.54) is 11.8 Å². The fourth-order valence-corrected chi connectivity index (χ4v) is 3.32. The van der Waals surface area contributed by atoms with Gasteiger partial charge >= 0.3 is 0 Å². The van der Waals surface area contributed by atoms with E-state index in [9.17, 15) is 4.79 Å². The van der Waals surface area contributed by atoms with Crippen molar-refractivity contribution >= 4 is 40.9 Å². The number of rotatable bonds is 4. The van der Waals surface area contributed by atoms with E-state index in [4.69, 9.17) is 17.3 Å². The molecule has 1 amide bonds. The third-order valence-corrected chi connectivity index (χ3v) is 4.87. The van der Waals surface area contributed by atoms with E-state index >= 15 is 0 Å². The minimum atomic E-state index is 0.0333. The van der Waals surface area contributed by atoms with Crippen LogP contribution in [0.1, 0.15) is 0 Å². The predicted molar refractivity (Wildman–Crippen MR) is 96.5 cm³/mol. The number of aromatic nitrogens is 3. The van der Waals surface area contributed by atoms with Crippen molar-refractivity contribution in [3.63, 3.8) is 0 Å². The van der Waals surface area contributed by atoms with Gasteiger partial charge < -0.3 is 15.5 Å². The van der Waals surface area contributed by atoms with E-state index in [1.54, 1.807) is 4.68 Å². The van der Waals surface area contributed by atoms with Gasteiger partial charge in [0.15, 0.2) is 5.16 Å². The molecule has 1 fully saturated rings. The fraction of sp³-hybridized carbons (Fsp3) is 0.400. The Kier molecular flexibility index (Phi) is 5.15. The van der Waals surface area contributed by atoms with Gasteiger partial charge in [-0.3, -0.25) is 4.79 Å². The van der Waals surface area contributed by atoms with Crippen LogP contribution in [-0.2, 0) is 11.3 Å². The smallest absolute Gasteiger partial charge is 0.244 e. The third kappa shape index (κ3) is 3.76. The fourth-order valence-electron chi connectivity index (χ4n) is 2.69. The van der Waals surface area contributed by atoms with Crippen molar-refractivity contribution in [1.82, 2.24) is 19.7 Å². The first-order valence-electron chi connectivity index (χ1n) is 7.59. The molecule has 3 rings (SSSR count). The number of carbonyl (C=O) groups is 1. The number of amides is 1. The van der Waals surface area contributed by atoms with Gasteiger partial charge in [-0.1, -0.05) is 23.4 Å². The minimum absolute atomic E-state index is 0.0333. The summed E-state index contributed by atoms with van der Waals surface area (Å²) in [5.74, 6) is 0.227. The molecular weight excluding hydrogens is 348 g/mol. The first-order valence-corrected chi connectivity index (χ1v) is 9.19. The number of hydrogen-bond donors (Lipinski definition) is 1. The lowest BCUT2D eigenvalue weighted by Crippen LogP contribution is -2.49.